The molecule has 0 saturated carbocycles. The van der Waals surface area contributed by atoms with Crippen LogP contribution in [-0.2, 0) is 10.0 Å². The number of benzene rings is 1. The molecule has 1 saturated heterocycles. The second-order valence-corrected chi connectivity index (χ2v) is 7.60. The summed E-state index contributed by atoms with van der Waals surface area (Å²) in [6.07, 6.45) is 1.57. The van der Waals surface area contributed by atoms with Crippen LogP contribution in [0.15, 0.2) is 23.1 Å². The molecule has 1 atom stereocenters. The van der Waals surface area contributed by atoms with Crippen molar-refractivity contribution in [3.8, 4) is 6.07 Å². The highest BCUT2D eigenvalue weighted by molar-refractivity contribution is 7.89. The minimum absolute atomic E-state index is 0.0958. The summed E-state index contributed by atoms with van der Waals surface area (Å²) < 4.78 is 27.0. The van der Waals surface area contributed by atoms with Gasteiger partial charge in [-0.25, -0.2) is 8.42 Å². The van der Waals surface area contributed by atoms with E-state index in [0.29, 0.717) is 30.1 Å². The summed E-state index contributed by atoms with van der Waals surface area (Å²) in [6, 6.07) is 6.86. The van der Waals surface area contributed by atoms with Gasteiger partial charge in [-0.05, 0) is 50.3 Å². The van der Waals surface area contributed by atoms with Crippen molar-refractivity contribution in [2.24, 2.45) is 11.7 Å². The van der Waals surface area contributed by atoms with Gasteiger partial charge in [0.15, 0.2) is 0 Å². The molecular weight excluding hydrogens is 286 g/mol. The Hall–Kier alpha value is -1.42. The number of aryl methyl sites for hydroxylation is 1. The molecule has 0 spiro atoms. The van der Waals surface area contributed by atoms with Crippen LogP contribution < -0.4 is 5.73 Å². The molecule has 1 aromatic carbocycles. The minimum atomic E-state index is -3.53. The molecule has 6 heteroatoms. The molecular formula is C15H21N3O2S. The minimum Gasteiger partial charge on any atom is -0.328 e. The zero-order chi connectivity index (χ0) is 15.6. The second kappa shape index (κ2) is 6.14. The van der Waals surface area contributed by atoms with E-state index >= 15 is 0 Å². The largest absolute Gasteiger partial charge is 0.328 e. The average molecular weight is 307 g/mol. The van der Waals surface area contributed by atoms with Gasteiger partial charge in [-0.2, -0.15) is 9.57 Å². The van der Waals surface area contributed by atoms with Gasteiger partial charge in [0.2, 0.25) is 10.0 Å². The summed E-state index contributed by atoms with van der Waals surface area (Å²) in [6.45, 7) is 4.70. The van der Waals surface area contributed by atoms with E-state index in [0.717, 1.165) is 12.8 Å². The lowest BCUT2D eigenvalue weighted by Gasteiger charge is -2.33. The quantitative estimate of drug-likeness (QED) is 0.919. The van der Waals surface area contributed by atoms with Crippen LogP contribution in [0, 0.1) is 24.2 Å². The number of piperidine rings is 1. The lowest BCUT2D eigenvalue weighted by atomic mass is 9.92. The van der Waals surface area contributed by atoms with Crippen LogP contribution in [0.25, 0.3) is 0 Å². The topological polar surface area (TPSA) is 87.2 Å². The molecule has 21 heavy (non-hydrogen) atoms. The van der Waals surface area contributed by atoms with Crippen molar-refractivity contribution in [2.75, 3.05) is 13.1 Å². The molecule has 5 nitrogen and oxygen atoms in total. The van der Waals surface area contributed by atoms with Crippen molar-refractivity contribution in [1.29, 1.82) is 5.26 Å². The molecule has 0 aliphatic carbocycles. The van der Waals surface area contributed by atoms with Gasteiger partial charge >= 0.3 is 0 Å². The molecule has 1 aromatic rings. The van der Waals surface area contributed by atoms with Gasteiger partial charge in [0.1, 0.15) is 0 Å². The van der Waals surface area contributed by atoms with Crippen molar-refractivity contribution in [1.82, 2.24) is 4.31 Å². The Labute approximate surface area is 126 Å². The summed E-state index contributed by atoms with van der Waals surface area (Å²) in [5.41, 5.74) is 6.93. The fourth-order valence-electron chi connectivity index (χ4n) is 2.73. The lowest BCUT2D eigenvalue weighted by Crippen LogP contribution is -2.42. The van der Waals surface area contributed by atoms with Gasteiger partial charge in [0.05, 0.1) is 16.5 Å². The van der Waals surface area contributed by atoms with Crippen molar-refractivity contribution < 1.29 is 8.42 Å². The molecule has 0 amide bonds. The summed E-state index contributed by atoms with van der Waals surface area (Å²) in [5, 5.41) is 8.95. The average Bonchev–Trinajstić information content (AvgIpc) is 2.47. The van der Waals surface area contributed by atoms with E-state index in [-0.39, 0.29) is 10.9 Å². The third kappa shape index (κ3) is 3.26. The predicted molar refractivity (Wildman–Crippen MR) is 81.0 cm³/mol. The van der Waals surface area contributed by atoms with Gasteiger partial charge in [0, 0.05) is 19.1 Å². The van der Waals surface area contributed by atoms with Crippen molar-refractivity contribution in [3.63, 3.8) is 0 Å². The number of nitrogens with zero attached hydrogens (tertiary/aromatic N) is 2. The van der Waals surface area contributed by atoms with Crippen LogP contribution in [-0.4, -0.2) is 31.9 Å². The number of sulfonamides is 1. The maximum absolute atomic E-state index is 12.7. The summed E-state index contributed by atoms with van der Waals surface area (Å²) in [7, 11) is -3.53. The Morgan fingerprint density at radius 1 is 1.38 bits per heavy atom. The van der Waals surface area contributed by atoms with Gasteiger partial charge in [0.25, 0.3) is 0 Å². The van der Waals surface area contributed by atoms with Gasteiger partial charge in [-0.15, -0.1) is 0 Å². The van der Waals surface area contributed by atoms with E-state index in [1.54, 1.807) is 19.1 Å². The SMILES string of the molecule is Cc1ccc(C#N)cc1S(=O)(=O)N1CCC(C(C)N)CC1. The number of hydrogen-bond donors (Lipinski definition) is 1. The number of nitrogens with two attached hydrogens (primary N) is 1. The fraction of sp³-hybridized carbons (Fsp3) is 0.533. The Balaban J connectivity index is 2.26. The zero-order valence-electron chi connectivity index (χ0n) is 12.4. The molecule has 0 radical (unpaired) electrons. The molecule has 114 valence electrons. The molecule has 1 heterocycles. The van der Waals surface area contributed by atoms with E-state index in [1.165, 1.54) is 10.4 Å². The first-order chi connectivity index (χ1) is 9.86. The van der Waals surface area contributed by atoms with Crippen LogP contribution in [0.4, 0.5) is 0 Å². The Bertz CT molecular complexity index is 654. The molecule has 1 unspecified atom stereocenters. The van der Waals surface area contributed by atoms with E-state index in [1.807, 2.05) is 13.0 Å². The number of rotatable bonds is 3. The normalized spacial score (nSPS) is 19.1. The highest BCUT2D eigenvalue weighted by Gasteiger charge is 2.31. The van der Waals surface area contributed by atoms with Crippen LogP contribution >= 0.6 is 0 Å². The molecule has 2 N–H and O–H groups in total. The van der Waals surface area contributed by atoms with Crippen molar-refractivity contribution in [2.45, 2.75) is 37.6 Å². The second-order valence-electron chi connectivity index (χ2n) is 5.69. The van der Waals surface area contributed by atoms with Gasteiger partial charge in [-0.3, -0.25) is 0 Å². The van der Waals surface area contributed by atoms with Crippen LogP contribution in [0.1, 0.15) is 30.9 Å². The monoisotopic (exact) mass is 307 g/mol. The highest BCUT2D eigenvalue weighted by atomic mass is 32.2. The third-order valence-corrected chi connectivity index (χ3v) is 6.22. The molecule has 1 fully saturated rings. The summed E-state index contributed by atoms with van der Waals surface area (Å²) >= 11 is 0. The number of hydrogen-bond acceptors (Lipinski definition) is 4. The first-order valence-electron chi connectivity index (χ1n) is 7.12. The maximum atomic E-state index is 12.7. The first kappa shape index (κ1) is 16.0. The molecule has 0 aromatic heterocycles. The van der Waals surface area contributed by atoms with Crippen molar-refractivity contribution >= 4 is 10.0 Å². The molecule has 1 aliphatic heterocycles. The van der Waals surface area contributed by atoms with E-state index < -0.39 is 10.0 Å². The van der Waals surface area contributed by atoms with E-state index in [4.69, 9.17) is 11.0 Å². The number of nitriles is 1. The lowest BCUT2D eigenvalue weighted by molar-refractivity contribution is 0.250. The Morgan fingerprint density at radius 2 is 2.00 bits per heavy atom. The molecule has 2 rings (SSSR count). The first-order valence-corrected chi connectivity index (χ1v) is 8.56. The zero-order valence-corrected chi connectivity index (χ0v) is 13.2. The Kier molecular flexibility index (Phi) is 4.67. The predicted octanol–water partition coefficient (Wildman–Crippen LogP) is 1.61. The van der Waals surface area contributed by atoms with Gasteiger partial charge < -0.3 is 5.73 Å². The van der Waals surface area contributed by atoms with Crippen LogP contribution in [0.2, 0.25) is 0 Å². The Morgan fingerprint density at radius 3 is 2.52 bits per heavy atom. The van der Waals surface area contributed by atoms with E-state index in [2.05, 4.69) is 0 Å². The van der Waals surface area contributed by atoms with Crippen LogP contribution in [0.5, 0.6) is 0 Å². The third-order valence-electron chi connectivity index (χ3n) is 4.18. The highest BCUT2D eigenvalue weighted by Crippen LogP contribution is 2.27. The van der Waals surface area contributed by atoms with Crippen LogP contribution in [0.3, 0.4) is 0 Å². The smallest absolute Gasteiger partial charge is 0.243 e. The van der Waals surface area contributed by atoms with E-state index in [9.17, 15) is 8.42 Å². The van der Waals surface area contributed by atoms with Crippen molar-refractivity contribution in [3.05, 3.63) is 29.3 Å². The molecule has 1 aliphatic rings. The molecule has 0 bridgehead atoms. The fourth-order valence-corrected chi connectivity index (χ4v) is 4.45. The van der Waals surface area contributed by atoms with Gasteiger partial charge in [-0.1, -0.05) is 6.07 Å². The summed E-state index contributed by atoms with van der Waals surface area (Å²) in [5.74, 6) is 0.378. The standard InChI is InChI=1S/C15H21N3O2S/c1-11-3-4-13(10-16)9-15(11)21(19,20)18-7-5-14(6-8-18)12(2)17/h3-4,9,12,14H,5-8,17H2,1-2H3. The maximum Gasteiger partial charge on any atom is 0.243 e. The summed E-state index contributed by atoms with van der Waals surface area (Å²) in [4.78, 5) is 0.237.